The maximum absolute atomic E-state index is 11.0. The largest absolute Gasteiger partial charge is 0.481 e. The van der Waals surface area contributed by atoms with E-state index in [2.05, 4.69) is 4.72 Å². The maximum Gasteiger partial charge on any atom is 0.304 e. The lowest BCUT2D eigenvalue weighted by Crippen LogP contribution is -2.29. The second-order valence-corrected chi connectivity index (χ2v) is 5.26. The monoisotopic (exact) mass is 227 g/mol. The third-order valence-electron chi connectivity index (χ3n) is 1.21. The molecule has 0 aliphatic carbocycles. The summed E-state index contributed by atoms with van der Waals surface area (Å²) >= 11 is 1.52. The van der Waals surface area contributed by atoms with Crippen LogP contribution >= 0.6 is 11.8 Å². The van der Waals surface area contributed by atoms with Crippen molar-refractivity contribution in [2.24, 2.45) is 0 Å². The minimum absolute atomic E-state index is 0.350. The number of thioether (sulfide) groups is 1. The van der Waals surface area contributed by atoms with Gasteiger partial charge < -0.3 is 5.11 Å². The fourth-order valence-corrected chi connectivity index (χ4v) is 2.03. The molecule has 0 radical (unpaired) electrons. The average molecular weight is 227 g/mol. The SMILES string of the molecule is CSCCNS(=O)(=O)CCC(=O)O. The van der Waals surface area contributed by atoms with Crippen LogP contribution in [0.15, 0.2) is 0 Å². The Morgan fingerprint density at radius 3 is 2.62 bits per heavy atom. The van der Waals surface area contributed by atoms with Crippen LogP contribution in [0.3, 0.4) is 0 Å². The summed E-state index contributed by atoms with van der Waals surface area (Å²) in [5, 5.41) is 8.25. The number of nitrogens with one attached hydrogen (secondary N) is 1. The average Bonchev–Trinajstić information content (AvgIpc) is 2.02. The van der Waals surface area contributed by atoms with E-state index in [-0.39, 0.29) is 12.2 Å². The minimum atomic E-state index is -3.39. The van der Waals surface area contributed by atoms with Gasteiger partial charge in [0.05, 0.1) is 12.2 Å². The molecule has 0 bridgehead atoms. The Balaban J connectivity index is 3.74. The van der Waals surface area contributed by atoms with Crippen LogP contribution in [0.1, 0.15) is 6.42 Å². The van der Waals surface area contributed by atoms with E-state index in [0.717, 1.165) is 0 Å². The van der Waals surface area contributed by atoms with E-state index in [9.17, 15) is 13.2 Å². The normalized spacial score (nSPS) is 11.5. The highest BCUT2D eigenvalue weighted by Gasteiger charge is 2.11. The number of hydrogen-bond acceptors (Lipinski definition) is 4. The lowest BCUT2D eigenvalue weighted by atomic mass is 10.5. The quantitative estimate of drug-likeness (QED) is 0.586. The summed E-state index contributed by atoms with van der Waals surface area (Å²) in [5.41, 5.74) is 0. The molecule has 7 heteroatoms. The van der Waals surface area contributed by atoms with E-state index in [1.165, 1.54) is 11.8 Å². The molecular weight excluding hydrogens is 214 g/mol. The van der Waals surface area contributed by atoms with Gasteiger partial charge in [0.25, 0.3) is 0 Å². The summed E-state index contributed by atoms with van der Waals surface area (Å²) < 4.78 is 24.4. The van der Waals surface area contributed by atoms with Crippen molar-refractivity contribution in [1.82, 2.24) is 4.72 Å². The summed E-state index contributed by atoms with van der Waals surface area (Å²) in [6, 6.07) is 0. The van der Waals surface area contributed by atoms with Gasteiger partial charge in [0.2, 0.25) is 10.0 Å². The van der Waals surface area contributed by atoms with Gasteiger partial charge in [-0.25, -0.2) is 13.1 Å². The molecule has 0 aliphatic rings. The predicted octanol–water partition coefficient (Wildman–Crippen LogP) is -0.257. The zero-order chi connectivity index (χ0) is 10.3. The molecule has 0 saturated heterocycles. The van der Waals surface area contributed by atoms with Crippen LogP contribution in [0.25, 0.3) is 0 Å². The van der Waals surface area contributed by atoms with Crippen LogP contribution in [0, 0.1) is 0 Å². The maximum atomic E-state index is 11.0. The fraction of sp³-hybridized carbons (Fsp3) is 0.833. The van der Waals surface area contributed by atoms with Gasteiger partial charge in [0.15, 0.2) is 0 Å². The third kappa shape index (κ3) is 8.07. The molecule has 0 heterocycles. The summed E-state index contributed by atoms with van der Waals surface area (Å²) in [6.07, 6.45) is 1.51. The van der Waals surface area contributed by atoms with Gasteiger partial charge in [0, 0.05) is 12.3 Å². The fourth-order valence-electron chi connectivity index (χ4n) is 0.593. The lowest BCUT2D eigenvalue weighted by Gasteiger charge is -2.03. The van der Waals surface area contributed by atoms with Gasteiger partial charge in [-0.1, -0.05) is 0 Å². The number of aliphatic carboxylic acids is 1. The van der Waals surface area contributed by atoms with Crippen LogP contribution in [-0.4, -0.2) is 43.8 Å². The Kier molecular flexibility index (Phi) is 6.10. The van der Waals surface area contributed by atoms with Gasteiger partial charge >= 0.3 is 5.97 Å². The van der Waals surface area contributed by atoms with Crippen molar-refractivity contribution in [3.05, 3.63) is 0 Å². The number of hydrogen-bond donors (Lipinski definition) is 2. The van der Waals surface area contributed by atoms with E-state index in [1.54, 1.807) is 0 Å². The summed E-state index contributed by atoms with van der Waals surface area (Å²) in [7, 11) is -3.39. The van der Waals surface area contributed by atoms with Gasteiger partial charge in [-0.05, 0) is 6.26 Å². The molecular formula is C6H13NO4S2. The highest BCUT2D eigenvalue weighted by Crippen LogP contribution is 1.92. The zero-order valence-corrected chi connectivity index (χ0v) is 8.95. The van der Waals surface area contributed by atoms with Crippen molar-refractivity contribution in [2.45, 2.75) is 6.42 Å². The number of carbonyl (C=O) groups is 1. The van der Waals surface area contributed by atoms with Crippen LogP contribution in [0.5, 0.6) is 0 Å². The van der Waals surface area contributed by atoms with Gasteiger partial charge in [-0.2, -0.15) is 11.8 Å². The molecule has 0 aromatic heterocycles. The van der Waals surface area contributed by atoms with Crippen LogP contribution in [-0.2, 0) is 14.8 Å². The van der Waals surface area contributed by atoms with E-state index < -0.39 is 16.0 Å². The van der Waals surface area contributed by atoms with Crippen molar-refractivity contribution >= 4 is 27.8 Å². The molecule has 0 aliphatic heterocycles. The molecule has 5 nitrogen and oxygen atoms in total. The Bertz CT molecular complexity index is 249. The molecule has 0 rings (SSSR count). The summed E-state index contributed by atoms with van der Waals surface area (Å²) in [4.78, 5) is 10.1. The Hall–Kier alpha value is -0.270. The first-order valence-corrected chi connectivity index (χ1v) is 6.70. The highest BCUT2D eigenvalue weighted by molar-refractivity contribution is 7.98. The standard InChI is InChI=1S/C6H13NO4S2/c1-12-4-3-7-13(10,11)5-2-6(8)9/h7H,2-5H2,1H3,(H,8,9). The number of carboxylic acid groups (broad SMARTS) is 1. The van der Waals surface area contributed by atoms with Crippen molar-refractivity contribution in [3.63, 3.8) is 0 Å². The molecule has 0 unspecified atom stereocenters. The Morgan fingerprint density at radius 2 is 2.15 bits per heavy atom. The van der Waals surface area contributed by atoms with E-state index in [4.69, 9.17) is 5.11 Å². The first-order valence-electron chi connectivity index (χ1n) is 3.66. The van der Waals surface area contributed by atoms with E-state index in [1.807, 2.05) is 6.26 Å². The van der Waals surface area contributed by atoms with Gasteiger partial charge in [-0.3, -0.25) is 4.79 Å². The first-order chi connectivity index (χ1) is 5.98. The third-order valence-corrected chi connectivity index (χ3v) is 3.21. The van der Waals surface area contributed by atoms with Crippen molar-refractivity contribution < 1.29 is 18.3 Å². The molecule has 13 heavy (non-hydrogen) atoms. The minimum Gasteiger partial charge on any atom is -0.481 e. The smallest absolute Gasteiger partial charge is 0.304 e. The summed E-state index contributed by atoms with van der Waals surface area (Å²) in [6.45, 7) is 0.350. The van der Waals surface area contributed by atoms with Crippen molar-refractivity contribution in [2.75, 3.05) is 24.3 Å². The van der Waals surface area contributed by atoms with Gasteiger partial charge in [0.1, 0.15) is 0 Å². The Morgan fingerprint density at radius 1 is 1.54 bits per heavy atom. The first kappa shape index (κ1) is 12.7. The number of sulfonamides is 1. The molecule has 78 valence electrons. The topological polar surface area (TPSA) is 83.5 Å². The molecule has 0 spiro atoms. The summed E-state index contributed by atoms with van der Waals surface area (Å²) in [5.74, 6) is -0.765. The zero-order valence-electron chi connectivity index (χ0n) is 7.32. The molecule has 0 saturated carbocycles. The number of carboxylic acids is 1. The lowest BCUT2D eigenvalue weighted by molar-refractivity contribution is -0.136. The van der Waals surface area contributed by atoms with Crippen molar-refractivity contribution in [3.8, 4) is 0 Å². The van der Waals surface area contributed by atoms with E-state index in [0.29, 0.717) is 12.3 Å². The van der Waals surface area contributed by atoms with Crippen molar-refractivity contribution in [1.29, 1.82) is 0 Å². The second kappa shape index (κ2) is 6.22. The van der Waals surface area contributed by atoms with Crippen LogP contribution in [0.4, 0.5) is 0 Å². The molecule has 0 amide bonds. The van der Waals surface area contributed by atoms with Crippen LogP contribution in [0.2, 0.25) is 0 Å². The molecule has 0 atom stereocenters. The molecule has 0 aromatic carbocycles. The number of rotatable bonds is 7. The van der Waals surface area contributed by atoms with Gasteiger partial charge in [-0.15, -0.1) is 0 Å². The van der Waals surface area contributed by atoms with E-state index >= 15 is 0 Å². The predicted molar refractivity (Wildman–Crippen MR) is 52.4 cm³/mol. The molecule has 0 aromatic rings. The highest BCUT2D eigenvalue weighted by atomic mass is 32.2. The second-order valence-electron chi connectivity index (χ2n) is 2.35. The molecule has 0 fully saturated rings. The molecule has 2 N–H and O–H groups in total. The Labute approximate surface area is 82.0 Å². The van der Waals surface area contributed by atoms with Crippen LogP contribution < -0.4 is 4.72 Å².